The van der Waals surface area contributed by atoms with E-state index in [-0.39, 0.29) is 0 Å². The van der Waals surface area contributed by atoms with Crippen LogP contribution in [0.25, 0.3) is 11.4 Å². The number of nitrogens with zero attached hydrogens (tertiary/aromatic N) is 5. The van der Waals surface area contributed by atoms with Crippen molar-refractivity contribution in [2.24, 2.45) is 0 Å². The molecule has 3 heterocycles. The summed E-state index contributed by atoms with van der Waals surface area (Å²) in [7, 11) is 0. The van der Waals surface area contributed by atoms with Gasteiger partial charge in [0.1, 0.15) is 16.9 Å². The molecule has 0 aliphatic rings. The Hall–Kier alpha value is -2.79. The van der Waals surface area contributed by atoms with Gasteiger partial charge in [0.2, 0.25) is 0 Å². The van der Waals surface area contributed by atoms with E-state index in [9.17, 15) is 0 Å². The van der Waals surface area contributed by atoms with E-state index in [0.717, 1.165) is 5.76 Å². The molecule has 3 aromatic heterocycles. The second-order valence-electron chi connectivity index (χ2n) is 5.69. The number of rotatable bonds is 5. The Labute approximate surface area is 174 Å². The first-order chi connectivity index (χ1) is 13.6. The van der Waals surface area contributed by atoms with Crippen LogP contribution in [0.4, 0.5) is 0 Å². The summed E-state index contributed by atoms with van der Waals surface area (Å²) >= 11 is 13.7. The predicted octanol–water partition coefficient (Wildman–Crippen LogP) is 5.31. The van der Waals surface area contributed by atoms with Crippen molar-refractivity contribution >= 4 is 35.0 Å². The molecule has 0 unspecified atom stereocenters. The van der Waals surface area contributed by atoms with Crippen LogP contribution in [0.15, 0.2) is 69.5 Å². The van der Waals surface area contributed by atoms with Crippen LogP contribution >= 0.6 is 35.0 Å². The summed E-state index contributed by atoms with van der Waals surface area (Å²) in [6.07, 6.45) is 3.14. The molecule has 138 valence electrons. The molecule has 9 heteroatoms. The molecule has 0 spiro atoms. The highest BCUT2D eigenvalue weighted by molar-refractivity contribution is 7.99. The van der Waals surface area contributed by atoms with Crippen LogP contribution in [0.3, 0.4) is 0 Å². The Kier molecular flexibility index (Phi) is 5.35. The molecule has 0 radical (unpaired) electrons. The molecule has 1 aromatic carbocycles. The fraction of sp³-hybridized carbons (Fsp3) is 0.0526. The second kappa shape index (κ2) is 8.07. The Bertz CT molecular complexity index is 1150. The quantitative estimate of drug-likeness (QED) is 0.429. The molecule has 0 aliphatic heterocycles. The van der Waals surface area contributed by atoms with Crippen molar-refractivity contribution in [3.63, 3.8) is 0 Å². The number of furan rings is 1. The predicted molar refractivity (Wildman–Crippen MR) is 106 cm³/mol. The lowest BCUT2D eigenvalue weighted by Gasteiger charge is -2.10. The molecule has 4 rings (SSSR count). The van der Waals surface area contributed by atoms with Gasteiger partial charge in [0.05, 0.1) is 23.4 Å². The summed E-state index contributed by atoms with van der Waals surface area (Å²) in [4.78, 5) is 4.29. The zero-order valence-electron chi connectivity index (χ0n) is 14.2. The topological polar surface area (TPSA) is 80.5 Å². The Morgan fingerprint density at radius 3 is 2.71 bits per heavy atom. The smallest absolute Gasteiger partial charge is 0.198 e. The first kappa shape index (κ1) is 18.6. The average Bonchev–Trinajstić information content (AvgIpc) is 3.34. The minimum atomic E-state index is 0.424. The molecular weight excluding hydrogens is 417 g/mol. The Morgan fingerprint density at radius 2 is 2.04 bits per heavy atom. The van der Waals surface area contributed by atoms with Gasteiger partial charge >= 0.3 is 0 Å². The third kappa shape index (κ3) is 3.90. The lowest BCUT2D eigenvalue weighted by molar-refractivity contribution is 0.485. The first-order valence-electron chi connectivity index (χ1n) is 8.09. The van der Waals surface area contributed by atoms with Crippen molar-refractivity contribution in [3.05, 3.63) is 76.3 Å². The van der Waals surface area contributed by atoms with Gasteiger partial charge in [-0.25, -0.2) is 4.98 Å². The monoisotopic (exact) mass is 427 g/mol. The molecule has 0 saturated heterocycles. The van der Waals surface area contributed by atoms with Crippen LogP contribution < -0.4 is 0 Å². The number of benzene rings is 1. The zero-order valence-corrected chi connectivity index (χ0v) is 16.5. The van der Waals surface area contributed by atoms with E-state index in [2.05, 4.69) is 21.3 Å². The van der Waals surface area contributed by atoms with Gasteiger partial charge in [-0.05, 0) is 54.2 Å². The molecule has 0 fully saturated rings. The van der Waals surface area contributed by atoms with Crippen LogP contribution in [-0.2, 0) is 6.54 Å². The van der Waals surface area contributed by atoms with Gasteiger partial charge in [-0.1, -0.05) is 23.2 Å². The molecule has 6 nitrogen and oxygen atoms in total. The normalized spacial score (nSPS) is 10.8. The van der Waals surface area contributed by atoms with E-state index in [0.29, 0.717) is 43.7 Å². The van der Waals surface area contributed by atoms with Crippen LogP contribution in [0.5, 0.6) is 0 Å². The molecule has 0 aliphatic carbocycles. The van der Waals surface area contributed by atoms with E-state index in [1.165, 1.54) is 18.0 Å². The van der Waals surface area contributed by atoms with Crippen molar-refractivity contribution in [2.75, 3.05) is 0 Å². The van der Waals surface area contributed by atoms with E-state index >= 15 is 0 Å². The molecular formula is C19H11Cl2N5OS. The number of hydrogen-bond acceptors (Lipinski definition) is 6. The van der Waals surface area contributed by atoms with E-state index in [4.69, 9.17) is 32.9 Å². The third-order valence-corrected chi connectivity index (χ3v) is 5.33. The molecule has 0 amide bonds. The van der Waals surface area contributed by atoms with Gasteiger partial charge in [0.15, 0.2) is 11.0 Å². The van der Waals surface area contributed by atoms with Gasteiger partial charge in [0, 0.05) is 16.8 Å². The standard InChI is InChI=1S/C19H11Cl2N5OS/c20-13-4-5-15(16(21)8-13)18-24-25-19(26(18)11-14-2-1-7-27-14)28-17-6-3-12(9-22)10-23-17/h1-8,10H,11H2. The van der Waals surface area contributed by atoms with E-state index in [1.807, 2.05) is 22.8 Å². The fourth-order valence-corrected chi connectivity index (χ4v) is 3.80. The van der Waals surface area contributed by atoms with E-state index < -0.39 is 0 Å². The van der Waals surface area contributed by atoms with Crippen LogP contribution in [-0.4, -0.2) is 19.7 Å². The minimum Gasteiger partial charge on any atom is -0.467 e. The summed E-state index contributed by atoms with van der Waals surface area (Å²) < 4.78 is 7.39. The van der Waals surface area contributed by atoms with E-state index in [1.54, 1.807) is 30.5 Å². The highest BCUT2D eigenvalue weighted by Crippen LogP contribution is 2.33. The summed E-state index contributed by atoms with van der Waals surface area (Å²) in [5, 5.41) is 19.9. The van der Waals surface area contributed by atoms with Crippen molar-refractivity contribution in [1.82, 2.24) is 19.7 Å². The van der Waals surface area contributed by atoms with Gasteiger partial charge in [-0.2, -0.15) is 5.26 Å². The fourth-order valence-electron chi connectivity index (χ4n) is 2.54. The zero-order chi connectivity index (χ0) is 19.5. The summed E-state index contributed by atoms with van der Waals surface area (Å²) in [6, 6.07) is 14.5. The van der Waals surface area contributed by atoms with Crippen molar-refractivity contribution in [1.29, 1.82) is 5.26 Å². The molecule has 0 N–H and O–H groups in total. The molecule has 4 aromatic rings. The number of pyridine rings is 1. The third-order valence-electron chi connectivity index (χ3n) is 3.84. The lowest BCUT2D eigenvalue weighted by atomic mass is 10.2. The van der Waals surface area contributed by atoms with Crippen molar-refractivity contribution in [3.8, 4) is 17.5 Å². The molecule has 28 heavy (non-hydrogen) atoms. The molecule has 0 bridgehead atoms. The molecule has 0 atom stereocenters. The number of aromatic nitrogens is 4. The number of hydrogen-bond donors (Lipinski definition) is 0. The summed E-state index contributed by atoms with van der Waals surface area (Å²) in [6.45, 7) is 0.424. The Balaban J connectivity index is 1.75. The van der Waals surface area contributed by atoms with Crippen LogP contribution in [0.1, 0.15) is 11.3 Å². The Morgan fingerprint density at radius 1 is 1.14 bits per heavy atom. The SMILES string of the molecule is N#Cc1ccc(Sc2nnc(-c3ccc(Cl)cc3Cl)n2Cc2ccco2)nc1. The van der Waals surface area contributed by atoms with Crippen molar-refractivity contribution < 1.29 is 4.42 Å². The van der Waals surface area contributed by atoms with Gasteiger partial charge < -0.3 is 4.42 Å². The number of halogens is 2. The van der Waals surface area contributed by atoms with Crippen molar-refractivity contribution in [2.45, 2.75) is 16.7 Å². The van der Waals surface area contributed by atoms with Crippen LogP contribution in [0, 0.1) is 11.3 Å². The maximum Gasteiger partial charge on any atom is 0.198 e. The largest absolute Gasteiger partial charge is 0.467 e. The van der Waals surface area contributed by atoms with Gasteiger partial charge in [-0.15, -0.1) is 10.2 Å². The minimum absolute atomic E-state index is 0.424. The molecule has 0 saturated carbocycles. The van der Waals surface area contributed by atoms with Gasteiger partial charge in [-0.3, -0.25) is 4.57 Å². The maximum absolute atomic E-state index is 8.93. The number of nitriles is 1. The highest BCUT2D eigenvalue weighted by Gasteiger charge is 2.19. The van der Waals surface area contributed by atoms with Gasteiger partial charge in [0.25, 0.3) is 0 Å². The van der Waals surface area contributed by atoms with Crippen LogP contribution in [0.2, 0.25) is 10.0 Å². The summed E-state index contributed by atoms with van der Waals surface area (Å²) in [5.41, 5.74) is 1.21. The highest BCUT2D eigenvalue weighted by atomic mass is 35.5. The maximum atomic E-state index is 8.93. The summed E-state index contributed by atoms with van der Waals surface area (Å²) in [5.74, 6) is 1.34. The second-order valence-corrected chi connectivity index (χ2v) is 7.53. The average molecular weight is 428 g/mol. The first-order valence-corrected chi connectivity index (χ1v) is 9.66. The lowest BCUT2D eigenvalue weighted by Crippen LogP contribution is -2.03.